The Morgan fingerprint density at radius 2 is 2.16 bits per heavy atom. The molecule has 1 N–H and O–H groups in total. The first-order chi connectivity index (χ1) is 9.02. The molecule has 0 aliphatic heterocycles. The van der Waals surface area contributed by atoms with Crippen LogP contribution in [0.3, 0.4) is 0 Å². The number of aliphatic hydroxyl groups excluding tert-OH is 1. The minimum Gasteiger partial charge on any atom is -0.497 e. The molecule has 5 heteroatoms. The van der Waals surface area contributed by atoms with E-state index < -0.39 is 6.10 Å². The molecule has 2 rings (SSSR count). The largest absolute Gasteiger partial charge is 0.497 e. The number of methoxy groups -OCH3 is 1. The number of ether oxygens (including phenoxy) is 1. The predicted molar refractivity (Wildman–Crippen MR) is 78.5 cm³/mol. The van der Waals surface area contributed by atoms with Gasteiger partial charge in [0.2, 0.25) is 0 Å². The molecule has 1 unspecified atom stereocenters. The highest BCUT2D eigenvalue weighted by atomic mass is 32.1. The van der Waals surface area contributed by atoms with Gasteiger partial charge in [-0.1, -0.05) is 17.4 Å². The summed E-state index contributed by atoms with van der Waals surface area (Å²) in [4.78, 5) is 7.41. The molecule has 1 atom stereocenters. The lowest BCUT2D eigenvalue weighted by molar-refractivity contribution is 0.202. The molecule has 4 nitrogen and oxygen atoms in total. The van der Waals surface area contributed by atoms with Crippen molar-refractivity contribution in [3.8, 4) is 5.75 Å². The monoisotopic (exact) mass is 278 g/mol. The summed E-state index contributed by atoms with van der Waals surface area (Å²) in [5.41, 5.74) is 1.88. The van der Waals surface area contributed by atoms with Crippen LogP contribution >= 0.6 is 11.3 Å². The SMILES string of the molecule is COc1cccc(N(C)c2nc(C)c(C(C)O)s2)c1. The van der Waals surface area contributed by atoms with Crippen molar-refractivity contribution >= 4 is 22.2 Å². The summed E-state index contributed by atoms with van der Waals surface area (Å²) >= 11 is 1.51. The Balaban J connectivity index is 2.32. The van der Waals surface area contributed by atoms with Gasteiger partial charge in [0.25, 0.3) is 0 Å². The van der Waals surface area contributed by atoms with Gasteiger partial charge in [0.15, 0.2) is 5.13 Å². The van der Waals surface area contributed by atoms with E-state index in [4.69, 9.17) is 4.74 Å². The van der Waals surface area contributed by atoms with Crippen molar-refractivity contribution in [1.29, 1.82) is 0 Å². The number of aromatic nitrogens is 1. The Labute approximate surface area is 117 Å². The Morgan fingerprint density at radius 3 is 2.74 bits per heavy atom. The molecule has 0 spiro atoms. The summed E-state index contributed by atoms with van der Waals surface area (Å²) in [5, 5.41) is 10.5. The van der Waals surface area contributed by atoms with Crippen LogP contribution in [0.25, 0.3) is 0 Å². The smallest absolute Gasteiger partial charge is 0.190 e. The quantitative estimate of drug-likeness (QED) is 0.932. The van der Waals surface area contributed by atoms with Crippen LogP contribution in [0, 0.1) is 6.92 Å². The molecular weight excluding hydrogens is 260 g/mol. The van der Waals surface area contributed by atoms with E-state index in [9.17, 15) is 5.11 Å². The maximum atomic E-state index is 9.68. The van der Waals surface area contributed by atoms with Gasteiger partial charge in [0.05, 0.1) is 23.8 Å². The van der Waals surface area contributed by atoms with Crippen molar-refractivity contribution < 1.29 is 9.84 Å². The molecule has 19 heavy (non-hydrogen) atoms. The molecule has 0 fully saturated rings. The van der Waals surface area contributed by atoms with Crippen molar-refractivity contribution in [2.45, 2.75) is 20.0 Å². The average molecular weight is 278 g/mol. The van der Waals surface area contributed by atoms with Gasteiger partial charge >= 0.3 is 0 Å². The first kappa shape index (κ1) is 13.8. The summed E-state index contributed by atoms with van der Waals surface area (Å²) < 4.78 is 5.22. The van der Waals surface area contributed by atoms with Crippen molar-refractivity contribution in [3.05, 3.63) is 34.8 Å². The molecule has 1 aromatic carbocycles. The summed E-state index contributed by atoms with van der Waals surface area (Å²) in [5.74, 6) is 0.813. The molecule has 102 valence electrons. The number of nitrogens with zero attached hydrogens (tertiary/aromatic N) is 2. The minimum absolute atomic E-state index is 0.482. The molecule has 0 amide bonds. The second-order valence-electron chi connectivity index (χ2n) is 4.38. The highest BCUT2D eigenvalue weighted by molar-refractivity contribution is 7.15. The normalized spacial score (nSPS) is 12.3. The minimum atomic E-state index is -0.482. The Morgan fingerprint density at radius 1 is 1.42 bits per heavy atom. The molecular formula is C14H18N2O2S. The molecule has 0 aliphatic carbocycles. The number of rotatable bonds is 4. The van der Waals surface area contributed by atoms with Gasteiger partial charge in [-0.05, 0) is 26.0 Å². The zero-order chi connectivity index (χ0) is 14.0. The zero-order valence-corrected chi connectivity index (χ0v) is 12.4. The fraction of sp³-hybridized carbons (Fsp3) is 0.357. The zero-order valence-electron chi connectivity index (χ0n) is 11.5. The van der Waals surface area contributed by atoms with E-state index in [1.54, 1.807) is 14.0 Å². The Bertz CT molecular complexity index is 566. The molecule has 0 saturated carbocycles. The fourth-order valence-corrected chi connectivity index (χ4v) is 2.84. The fourth-order valence-electron chi connectivity index (χ4n) is 1.85. The van der Waals surface area contributed by atoms with E-state index >= 15 is 0 Å². The molecule has 0 radical (unpaired) electrons. The highest BCUT2D eigenvalue weighted by Crippen LogP contribution is 2.34. The van der Waals surface area contributed by atoms with Crippen molar-refractivity contribution in [3.63, 3.8) is 0 Å². The maximum Gasteiger partial charge on any atom is 0.190 e. The Hall–Kier alpha value is -1.59. The average Bonchev–Trinajstić information content (AvgIpc) is 2.80. The van der Waals surface area contributed by atoms with Gasteiger partial charge in [-0.15, -0.1) is 0 Å². The van der Waals surface area contributed by atoms with Gasteiger partial charge < -0.3 is 14.7 Å². The van der Waals surface area contributed by atoms with Crippen molar-refractivity contribution in [1.82, 2.24) is 4.98 Å². The van der Waals surface area contributed by atoms with Crippen LogP contribution in [-0.2, 0) is 0 Å². The number of aliphatic hydroxyl groups is 1. The lowest BCUT2D eigenvalue weighted by atomic mass is 10.3. The van der Waals surface area contributed by atoms with Crippen LogP contribution in [0.1, 0.15) is 23.6 Å². The van der Waals surface area contributed by atoms with Crippen LogP contribution in [0.4, 0.5) is 10.8 Å². The van der Waals surface area contributed by atoms with Gasteiger partial charge in [-0.2, -0.15) is 0 Å². The summed E-state index contributed by atoms with van der Waals surface area (Å²) in [6, 6.07) is 7.81. The number of aryl methyl sites for hydroxylation is 1. The van der Waals surface area contributed by atoms with Gasteiger partial charge in [0.1, 0.15) is 5.75 Å². The summed E-state index contributed by atoms with van der Waals surface area (Å²) in [6.07, 6.45) is -0.482. The van der Waals surface area contributed by atoms with E-state index in [1.807, 2.05) is 43.1 Å². The first-order valence-electron chi connectivity index (χ1n) is 6.06. The number of anilines is 2. The van der Waals surface area contributed by atoms with E-state index in [2.05, 4.69) is 4.98 Å². The highest BCUT2D eigenvalue weighted by Gasteiger charge is 2.15. The molecule has 2 aromatic rings. The summed E-state index contributed by atoms with van der Waals surface area (Å²) in [7, 11) is 3.61. The van der Waals surface area contributed by atoms with Crippen LogP contribution in [0.5, 0.6) is 5.75 Å². The van der Waals surface area contributed by atoms with E-state index in [0.29, 0.717) is 0 Å². The second-order valence-corrected chi connectivity index (χ2v) is 5.39. The van der Waals surface area contributed by atoms with E-state index in [1.165, 1.54) is 11.3 Å². The van der Waals surface area contributed by atoms with Crippen molar-refractivity contribution in [2.24, 2.45) is 0 Å². The van der Waals surface area contributed by atoms with Crippen molar-refractivity contribution in [2.75, 3.05) is 19.1 Å². The van der Waals surface area contributed by atoms with Crippen LogP contribution in [0.2, 0.25) is 0 Å². The maximum absolute atomic E-state index is 9.68. The number of thiazole rings is 1. The Kier molecular flexibility index (Phi) is 4.07. The molecule has 0 bridgehead atoms. The van der Waals surface area contributed by atoms with Crippen LogP contribution in [0.15, 0.2) is 24.3 Å². The number of benzene rings is 1. The summed E-state index contributed by atoms with van der Waals surface area (Å²) in [6.45, 7) is 3.68. The third-order valence-electron chi connectivity index (χ3n) is 2.93. The van der Waals surface area contributed by atoms with Crippen LogP contribution < -0.4 is 9.64 Å². The number of hydrogen-bond acceptors (Lipinski definition) is 5. The molecule has 1 aromatic heterocycles. The molecule has 1 heterocycles. The van der Waals surface area contributed by atoms with Crippen LogP contribution in [-0.4, -0.2) is 24.2 Å². The third kappa shape index (κ3) is 2.88. The standard InChI is InChI=1S/C14H18N2O2S/c1-9-13(10(2)17)19-14(15-9)16(3)11-6-5-7-12(8-11)18-4/h5-8,10,17H,1-4H3. The lowest BCUT2D eigenvalue weighted by Crippen LogP contribution is -2.08. The number of hydrogen-bond donors (Lipinski definition) is 1. The topological polar surface area (TPSA) is 45.6 Å². The van der Waals surface area contributed by atoms with Gasteiger partial charge in [-0.3, -0.25) is 0 Å². The predicted octanol–water partition coefficient (Wildman–Crippen LogP) is 3.28. The third-order valence-corrected chi connectivity index (χ3v) is 4.33. The van der Waals surface area contributed by atoms with Gasteiger partial charge in [0, 0.05) is 18.8 Å². The van der Waals surface area contributed by atoms with E-state index in [-0.39, 0.29) is 0 Å². The van der Waals surface area contributed by atoms with E-state index in [0.717, 1.165) is 27.1 Å². The molecule has 0 saturated heterocycles. The second kappa shape index (κ2) is 5.59. The molecule has 0 aliphatic rings. The first-order valence-corrected chi connectivity index (χ1v) is 6.87. The lowest BCUT2D eigenvalue weighted by Gasteiger charge is -2.16. The van der Waals surface area contributed by atoms with Gasteiger partial charge in [-0.25, -0.2) is 4.98 Å².